The van der Waals surface area contributed by atoms with Crippen molar-refractivity contribution >= 4 is 24.0 Å². The molecule has 0 aromatic carbocycles. The number of rotatable bonds is 4. The fourth-order valence-electron chi connectivity index (χ4n) is 1.23. The fourth-order valence-corrected chi connectivity index (χ4v) is 2.88. The summed E-state index contributed by atoms with van der Waals surface area (Å²) in [5, 5.41) is 0.824. The Morgan fingerprint density at radius 3 is 2.92 bits per heavy atom. The smallest absolute Gasteiger partial charge is 0.219 e. The molecule has 1 aliphatic rings. The van der Waals surface area contributed by atoms with Crippen molar-refractivity contribution in [1.29, 1.82) is 0 Å². The average molecular weight is 257 g/mol. The molecule has 5 heteroatoms. The van der Waals surface area contributed by atoms with Gasteiger partial charge < -0.3 is 9.26 Å². The molecular formula is C7H14BrO3P. The van der Waals surface area contributed by atoms with Crippen molar-refractivity contribution in [3.05, 3.63) is 0 Å². The van der Waals surface area contributed by atoms with Crippen LogP contribution < -0.4 is 0 Å². The third-order valence-electron chi connectivity index (χ3n) is 1.83. The summed E-state index contributed by atoms with van der Waals surface area (Å²) in [6.45, 7) is 2.36. The first kappa shape index (κ1) is 10.7. The maximum atomic E-state index is 11.3. The Morgan fingerprint density at radius 1 is 1.67 bits per heavy atom. The summed E-state index contributed by atoms with van der Waals surface area (Å²) < 4.78 is 21.8. The Bertz CT molecular complexity index is 165. The summed E-state index contributed by atoms with van der Waals surface area (Å²) in [7, 11) is -1.95. The number of hydrogen-bond donors (Lipinski definition) is 0. The number of hydrogen-bond acceptors (Lipinski definition) is 3. The van der Waals surface area contributed by atoms with Crippen molar-refractivity contribution in [2.75, 3.05) is 11.9 Å². The summed E-state index contributed by atoms with van der Waals surface area (Å²) in [6.07, 6.45) is 2.08. The van der Waals surface area contributed by atoms with Gasteiger partial charge in [0, 0.05) is 5.33 Å². The van der Waals surface area contributed by atoms with Crippen LogP contribution in [0.5, 0.6) is 0 Å². The van der Waals surface area contributed by atoms with Crippen LogP contribution in [0.2, 0.25) is 0 Å². The van der Waals surface area contributed by atoms with E-state index in [1.165, 1.54) is 0 Å². The van der Waals surface area contributed by atoms with E-state index < -0.39 is 8.03 Å². The van der Waals surface area contributed by atoms with Gasteiger partial charge in [-0.2, -0.15) is 0 Å². The third-order valence-corrected chi connectivity index (χ3v) is 4.08. The van der Waals surface area contributed by atoms with Crippen molar-refractivity contribution in [1.82, 2.24) is 0 Å². The standard InChI is InChI=1S/C7H14BrO3P/c1-2-10-12(9)7-4-3-6(5-8)11-7/h6-7,12H,2-5H2,1H3/t6-,7+/m1/s1. The van der Waals surface area contributed by atoms with Gasteiger partial charge in [-0.15, -0.1) is 0 Å². The van der Waals surface area contributed by atoms with Gasteiger partial charge in [-0.1, -0.05) is 15.9 Å². The summed E-state index contributed by atoms with van der Waals surface area (Å²) in [6, 6.07) is 0. The number of ether oxygens (including phenoxy) is 1. The van der Waals surface area contributed by atoms with E-state index in [0.29, 0.717) is 6.61 Å². The van der Waals surface area contributed by atoms with Crippen LogP contribution in [-0.2, 0) is 13.8 Å². The topological polar surface area (TPSA) is 35.5 Å². The molecule has 3 nitrogen and oxygen atoms in total. The van der Waals surface area contributed by atoms with Gasteiger partial charge in [-0.05, 0) is 19.8 Å². The van der Waals surface area contributed by atoms with Crippen molar-refractivity contribution in [3.8, 4) is 0 Å². The molecule has 0 N–H and O–H groups in total. The molecule has 72 valence electrons. The molecule has 1 rings (SSSR count). The Morgan fingerprint density at radius 2 is 2.42 bits per heavy atom. The predicted octanol–water partition coefficient (Wildman–Crippen LogP) is 2.40. The van der Waals surface area contributed by atoms with E-state index in [2.05, 4.69) is 15.9 Å². The molecule has 0 saturated carbocycles. The van der Waals surface area contributed by atoms with Crippen LogP contribution in [0.15, 0.2) is 0 Å². The van der Waals surface area contributed by atoms with Crippen LogP contribution in [-0.4, -0.2) is 23.9 Å². The van der Waals surface area contributed by atoms with Crippen LogP contribution in [0.1, 0.15) is 19.8 Å². The highest BCUT2D eigenvalue weighted by molar-refractivity contribution is 9.09. The monoisotopic (exact) mass is 256 g/mol. The maximum Gasteiger partial charge on any atom is 0.219 e. The zero-order valence-electron chi connectivity index (χ0n) is 7.09. The lowest BCUT2D eigenvalue weighted by Crippen LogP contribution is -2.09. The zero-order valence-corrected chi connectivity index (χ0v) is 9.67. The molecule has 0 spiro atoms. The summed E-state index contributed by atoms with van der Waals surface area (Å²) in [5.41, 5.74) is 0. The van der Waals surface area contributed by atoms with Gasteiger partial charge in [-0.25, -0.2) is 0 Å². The molecule has 0 aliphatic carbocycles. The first-order chi connectivity index (χ1) is 5.77. The van der Waals surface area contributed by atoms with Crippen LogP contribution in [0.4, 0.5) is 0 Å². The second kappa shape index (κ2) is 5.38. The summed E-state index contributed by atoms with van der Waals surface area (Å²) in [4.78, 5) is 0. The van der Waals surface area contributed by atoms with Crippen molar-refractivity contribution in [3.63, 3.8) is 0 Å². The minimum Gasteiger partial charge on any atom is -0.364 e. The highest BCUT2D eigenvalue weighted by Gasteiger charge is 2.28. The Labute approximate surface area is 81.8 Å². The zero-order chi connectivity index (χ0) is 8.97. The minimum atomic E-state index is -1.95. The molecule has 0 aromatic heterocycles. The minimum absolute atomic E-state index is 0.141. The van der Waals surface area contributed by atoms with Gasteiger partial charge in [0.15, 0.2) is 0 Å². The van der Waals surface area contributed by atoms with E-state index in [1.807, 2.05) is 6.92 Å². The molecule has 12 heavy (non-hydrogen) atoms. The molecule has 0 bridgehead atoms. The quantitative estimate of drug-likeness (QED) is 0.573. The van der Waals surface area contributed by atoms with Gasteiger partial charge in [0.05, 0.1) is 12.7 Å². The lowest BCUT2D eigenvalue weighted by molar-refractivity contribution is 0.0961. The molecule has 0 radical (unpaired) electrons. The second-order valence-electron chi connectivity index (χ2n) is 2.73. The summed E-state index contributed by atoms with van der Waals surface area (Å²) >= 11 is 3.34. The summed E-state index contributed by atoms with van der Waals surface area (Å²) in [5.74, 6) is -0.141. The first-order valence-corrected chi connectivity index (χ1v) is 6.67. The van der Waals surface area contributed by atoms with E-state index in [9.17, 15) is 4.57 Å². The van der Waals surface area contributed by atoms with Crippen molar-refractivity contribution in [2.24, 2.45) is 0 Å². The molecule has 3 atom stereocenters. The maximum absolute atomic E-state index is 11.3. The number of halogens is 1. The van der Waals surface area contributed by atoms with Gasteiger partial charge >= 0.3 is 0 Å². The van der Waals surface area contributed by atoms with Gasteiger partial charge in [-0.3, -0.25) is 4.57 Å². The van der Waals surface area contributed by atoms with Crippen LogP contribution in [0.3, 0.4) is 0 Å². The van der Waals surface area contributed by atoms with Gasteiger partial charge in [0.2, 0.25) is 8.03 Å². The molecule has 0 aromatic rings. The van der Waals surface area contributed by atoms with Crippen molar-refractivity contribution in [2.45, 2.75) is 31.7 Å². The normalized spacial score (nSPS) is 32.2. The predicted molar refractivity (Wildman–Crippen MR) is 52.3 cm³/mol. The lowest BCUT2D eigenvalue weighted by Gasteiger charge is -2.10. The first-order valence-electron chi connectivity index (χ1n) is 4.16. The Hall–Kier alpha value is 0.630. The van der Waals surface area contributed by atoms with Crippen LogP contribution in [0, 0.1) is 0 Å². The van der Waals surface area contributed by atoms with E-state index in [4.69, 9.17) is 9.26 Å². The lowest BCUT2D eigenvalue weighted by atomic mass is 10.3. The SMILES string of the molecule is CCO[PH](=O)[C@H]1CC[C@H](CBr)O1. The second-order valence-corrected chi connectivity index (χ2v) is 4.95. The number of alkyl halides is 1. The van der Waals surface area contributed by atoms with Crippen LogP contribution >= 0.6 is 24.0 Å². The highest BCUT2D eigenvalue weighted by atomic mass is 79.9. The van der Waals surface area contributed by atoms with Gasteiger partial charge in [0.25, 0.3) is 0 Å². The average Bonchev–Trinajstić information content (AvgIpc) is 2.52. The van der Waals surface area contributed by atoms with E-state index in [-0.39, 0.29) is 11.9 Å². The van der Waals surface area contributed by atoms with E-state index >= 15 is 0 Å². The van der Waals surface area contributed by atoms with Gasteiger partial charge in [0.1, 0.15) is 5.85 Å². The van der Waals surface area contributed by atoms with Crippen molar-refractivity contribution < 1.29 is 13.8 Å². The molecule has 1 aliphatic heterocycles. The molecular weight excluding hydrogens is 243 g/mol. The molecule has 1 saturated heterocycles. The highest BCUT2D eigenvalue weighted by Crippen LogP contribution is 2.39. The molecule has 0 amide bonds. The van der Waals surface area contributed by atoms with Crippen LogP contribution in [0.25, 0.3) is 0 Å². The van der Waals surface area contributed by atoms with E-state index in [1.54, 1.807) is 0 Å². The molecule has 1 fully saturated rings. The largest absolute Gasteiger partial charge is 0.364 e. The van der Waals surface area contributed by atoms with E-state index in [0.717, 1.165) is 18.2 Å². The Balaban J connectivity index is 2.31. The fraction of sp³-hybridized carbons (Fsp3) is 1.00. The molecule has 1 heterocycles. The third kappa shape index (κ3) is 2.84. The Kier molecular flexibility index (Phi) is 4.80. The molecule has 1 unspecified atom stereocenters.